The SMILES string of the molecule is CCNCC1CC12CCCc1sccc12. The normalized spacial score (nSPS) is 33.0. The van der Waals surface area contributed by atoms with Crippen LogP contribution in [0.4, 0.5) is 0 Å². The summed E-state index contributed by atoms with van der Waals surface area (Å²) >= 11 is 1.97. The maximum atomic E-state index is 3.51. The van der Waals surface area contributed by atoms with E-state index < -0.39 is 0 Å². The minimum atomic E-state index is 0.607. The zero-order valence-corrected chi connectivity index (χ0v) is 10.2. The van der Waals surface area contributed by atoms with Crippen LogP contribution in [-0.2, 0) is 11.8 Å². The van der Waals surface area contributed by atoms with Crippen molar-refractivity contribution in [1.29, 1.82) is 0 Å². The molecule has 15 heavy (non-hydrogen) atoms. The molecule has 1 fully saturated rings. The van der Waals surface area contributed by atoms with E-state index in [-0.39, 0.29) is 0 Å². The Morgan fingerprint density at radius 2 is 2.53 bits per heavy atom. The Labute approximate surface area is 95.9 Å². The molecule has 3 rings (SSSR count). The van der Waals surface area contributed by atoms with Crippen LogP contribution in [0.5, 0.6) is 0 Å². The fourth-order valence-corrected chi connectivity index (χ4v) is 4.31. The van der Waals surface area contributed by atoms with Gasteiger partial charge in [0.05, 0.1) is 0 Å². The van der Waals surface area contributed by atoms with Gasteiger partial charge < -0.3 is 5.32 Å². The van der Waals surface area contributed by atoms with Gasteiger partial charge in [-0.25, -0.2) is 0 Å². The monoisotopic (exact) mass is 221 g/mol. The second-order valence-electron chi connectivity index (χ2n) is 4.98. The molecule has 1 aromatic rings. The smallest absolute Gasteiger partial charge is 0.00829 e. The van der Waals surface area contributed by atoms with Gasteiger partial charge in [0.2, 0.25) is 0 Å². The number of hydrogen-bond acceptors (Lipinski definition) is 2. The third-order valence-electron chi connectivity index (χ3n) is 4.18. The van der Waals surface area contributed by atoms with Crippen molar-refractivity contribution in [3.8, 4) is 0 Å². The summed E-state index contributed by atoms with van der Waals surface area (Å²) in [5, 5.41) is 5.80. The molecular formula is C13H19NS. The maximum absolute atomic E-state index is 3.51. The number of fused-ring (bicyclic) bond motifs is 2. The highest BCUT2D eigenvalue weighted by Crippen LogP contribution is 2.60. The van der Waals surface area contributed by atoms with Crippen molar-refractivity contribution in [2.24, 2.45) is 5.92 Å². The average molecular weight is 221 g/mol. The lowest BCUT2D eigenvalue weighted by molar-refractivity contribution is 0.487. The summed E-state index contributed by atoms with van der Waals surface area (Å²) in [6, 6.07) is 2.39. The van der Waals surface area contributed by atoms with Crippen molar-refractivity contribution in [1.82, 2.24) is 5.32 Å². The molecule has 0 saturated heterocycles. The predicted octanol–water partition coefficient (Wildman–Crippen LogP) is 2.95. The van der Waals surface area contributed by atoms with E-state index in [1.165, 1.54) is 32.2 Å². The second kappa shape index (κ2) is 3.60. The van der Waals surface area contributed by atoms with Crippen molar-refractivity contribution < 1.29 is 0 Å². The first kappa shape index (κ1) is 9.86. The minimum absolute atomic E-state index is 0.607. The Bertz CT molecular complexity index is 357. The molecule has 0 radical (unpaired) electrons. The number of thiophene rings is 1. The van der Waals surface area contributed by atoms with Gasteiger partial charge in [-0.15, -0.1) is 11.3 Å². The van der Waals surface area contributed by atoms with Gasteiger partial charge in [0.1, 0.15) is 0 Å². The van der Waals surface area contributed by atoms with Crippen LogP contribution in [-0.4, -0.2) is 13.1 Å². The summed E-state index contributed by atoms with van der Waals surface area (Å²) in [4.78, 5) is 1.68. The van der Waals surface area contributed by atoms with Gasteiger partial charge in [-0.3, -0.25) is 0 Å². The van der Waals surface area contributed by atoms with Crippen molar-refractivity contribution in [2.45, 2.75) is 38.0 Å². The Balaban J connectivity index is 1.80. The van der Waals surface area contributed by atoms with E-state index in [0.29, 0.717) is 5.41 Å². The highest BCUT2D eigenvalue weighted by Gasteiger charge is 2.56. The topological polar surface area (TPSA) is 12.0 Å². The zero-order chi connectivity index (χ0) is 10.3. The zero-order valence-electron chi connectivity index (χ0n) is 9.38. The molecule has 2 aliphatic rings. The summed E-state index contributed by atoms with van der Waals surface area (Å²) < 4.78 is 0. The summed E-state index contributed by atoms with van der Waals surface area (Å²) in [7, 11) is 0. The molecule has 0 aromatic carbocycles. The maximum Gasteiger partial charge on any atom is 0.00829 e. The summed E-state index contributed by atoms with van der Waals surface area (Å²) in [5.41, 5.74) is 2.32. The highest BCUT2D eigenvalue weighted by molar-refractivity contribution is 7.10. The van der Waals surface area contributed by atoms with Gasteiger partial charge in [-0.05, 0) is 61.7 Å². The fraction of sp³-hybridized carbons (Fsp3) is 0.692. The fourth-order valence-electron chi connectivity index (χ4n) is 3.28. The molecule has 1 saturated carbocycles. The van der Waals surface area contributed by atoms with Crippen molar-refractivity contribution in [2.75, 3.05) is 13.1 Å². The molecule has 1 aromatic heterocycles. The molecule has 1 N–H and O–H groups in total. The van der Waals surface area contributed by atoms with E-state index in [2.05, 4.69) is 23.7 Å². The molecule has 1 spiro atoms. The van der Waals surface area contributed by atoms with Crippen molar-refractivity contribution in [3.63, 3.8) is 0 Å². The van der Waals surface area contributed by atoms with E-state index in [9.17, 15) is 0 Å². The van der Waals surface area contributed by atoms with E-state index in [4.69, 9.17) is 0 Å². The minimum Gasteiger partial charge on any atom is -0.317 e. The van der Waals surface area contributed by atoms with Gasteiger partial charge in [0.15, 0.2) is 0 Å². The average Bonchev–Trinajstić information content (AvgIpc) is 2.73. The van der Waals surface area contributed by atoms with E-state index >= 15 is 0 Å². The first-order valence-electron chi connectivity index (χ1n) is 6.14. The molecular weight excluding hydrogens is 202 g/mol. The van der Waals surface area contributed by atoms with E-state index in [1.807, 2.05) is 11.3 Å². The van der Waals surface area contributed by atoms with Gasteiger partial charge in [0, 0.05) is 10.3 Å². The lowest BCUT2D eigenvalue weighted by Gasteiger charge is -2.23. The lowest BCUT2D eigenvalue weighted by Crippen LogP contribution is -2.23. The first-order valence-corrected chi connectivity index (χ1v) is 7.02. The molecule has 1 heterocycles. The Hall–Kier alpha value is -0.340. The lowest BCUT2D eigenvalue weighted by atomic mass is 9.83. The highest BCUT2D eigenvalue weighted by atomic mass is 32.1. The van der Waals surface area contributed by atoms with Gasteiger partial charge >= 0.3 is 0 Å². The van der Waals surface area contributed by atoms with Crippen LogP contribution >= 0.6 is 11.3 Å². The predicted molar refractivity (Wildman–Crippen MR) is 65.6 cm³/mol. The Morgan fingerprint density at radius 3 is 3.40 bits per heavy atom. The number of aryl methyl sites for hydroxylation is 1. The standard InChI is InChI=1S/C13H19NS/c1-2-14-9-10-8-13(10)6-3-4-12-11(13)5-7-15-12/h5,7,10,14H,2-4,6,8-9H2,1H3. The molecule has 2 heteroatoms. The summed E-state index contributed by atoms with van der Waals surface area (Å²) in [6.45, 7) is 4.54. The third kappa shape index (κ3) is 1.46. The second-order valence-corrected chi connectivity index (χ2v) is 5.98. The molecule has 2 unspecified atom stereocenters. The Kier molecular flexibility index (Phi) is 2.37. The molecule has 82 valence electrons. The van der Waals surface area contributed by atoms with E-state index in [0.717, 1.165) is 12.5 Å². The summed E-state index contributed by atoms with van der Waals surface area (Å²) in [5.74, 6) is 0.922. The van der Waals surface area contributed by atoms with E-state index in [1.54, 1.807) is 10.4 Å². The van der Waals surface area contributed by atoms with Crippen LogP contribution in [0.15, 0.2) is 11.4 Å². The molecule has 0 aliphatic heterocycles. The third-order valence-corrected chi connectivity index (χ3v) is 5.16. The van der Waals surface area contributed by atoms with Crippen LogP contribution in [0.3, 0.4) is 0 Å². The van der Waals surface area contributed by atoms with Crippen LogP contribution < -0.4 is 5.32 Å². The van der Waals surface area contributed by atoms with Gasteiger partial charge in [0.25, 0.3) is 0 Å². The van der Waals surface area contributed by atoms with Crippen molar-refractivity contribution in [3.05, 3.63) is 21.9 Å². The molecule has 1 nitrogen and oxygen atoms in total. The quantitative estimate of drug-likeness (QED) is 0.827. The van der Waals surface area contributed by atoms with Crippen LogP contribution in [0.2, 0.25) is 0 Å². The largest absolute Gasteiger partial charge is 0.317 e. The van der Waals surface area contributed by atoms with Crippen LogP contribution in [0, 0.1) is 5.92 Å². The Morgan fingerprint density at radius 1 is 1.60 bits per heavy atom. The molecule has 0 amide bonds. The molecule has 0 bridgehead atoms. The molecule has 2 aliphatic carbocycles. The number of nitrogens with one attached hydrogen (secondary N) is 1. The van der Waals surface area contributed by atoms with Gasteiger partial charge in [-0.2, -0.15) is 0 Å². The van der Waals surface area contributed by atoms with Gasteiger partial charge in [-0.1, -0.05) is 6.92 Å². The first-order chi connectivity index (χ1) is 7.37. The van der Waals surface area contributed by atoms with Crippen LogP contribution in [0.25, 0.3) is 0 Å². The number of hydrogen-bond donors (Lipinski definition) is 1. The van der Waals surface area contributed by atoms with Crippen molar-refractivity contribution >= 4 is 11.3 Å². The summed E-state index contributed by atoms with van der Waals surface area (Å²) in [6.07, 6.45) is 5.62. The van der Waals surface area contributed by atoms with Crippen LogP contribution in [0.1, 0.15) is 36.6 Å². The number of rotatable bonds is 3. The molecule has 2 atom stereocenters.